The van der Waals surface area contributed by atoms with Gasteiger partial charge in [0, 0.05) is 36.5 Å². The molecular weight excluding hydrogens is 386 g/mol. The molecule has 1 saturated heterocycles. The third-order valence-electron chi connectivity index (χ3n) is 5.10. The SMILES string of the molecule is Cc1ccc(Cl)cc1NC(=O)c1cc(S(=O)(=O)N2CCCCC2)c(C)n1C. The number of hydrogen-bond donors (Lipinski definition) is 1. The molecule has 1 fully saturated rings. The van der Waals surface area contributed by atoms with Crippen molar-refractivity contribution in [3.8, 4) is 0 Å². The van der Waals surface area contributed by atoms with Crippen LogP contribution in [0.4, 0.5) is 5.69 Å². The minimum Gasteiger partial charge on any atom is -0.343 e. The molecule has 1 aromatic heterocycles. The fourth-order valence-electron chi connectivity index (χ4n) is 3.31. The van der Waals surface area contributed by atoms with Crippen LogP contribution in [0.2, 0.25) is 5.02 Å². The number of amides is 1. The maximum Gasteiger partial charge on any atom is 0.272 e. The molecule has 1 aliphatic heterocycles. The molecule has 1 aliphatic rings. The Morgan fingerprint density at radius 2 is 1.78 bits per heavy atom. The zero-order valence-electron chi connectivity index (χ0n) is 15.8. The summed E-state index contributed by atoms with van der Waals surface area (Å²) in [4.78, 5) is 13.0. The van der Waals surface area contributed by atoms with Crippen LogP contribution in [0.25, 0.3) is 0 Å². The number of piperidine rings is 1. The lowest BCUT2D eigenvalue weighted by Crippen LogP contribution is -2.35. The topological polar surface area (TPSA) is 71.4 Å². The quantitative estimate of drug-likeness (QED) is 0.836. The molecule has 0 unspecified atom stereocenters. The molecular formula is C19H24ClN3O3S. The molecule has 0 spiro atoms. The number of carbonyl (C=O) groups excluding carboxylic acids is 1. The highest BCUT2D eigenvalue weighted by molar-refractivity contribution is 7.89. The van der Waals surface area contributed by atoms with Gasteiger partial charge in [-0.1, -0.05) is 24.1 Å². The average molecular weight is 410 g/mol. The zero-order chi connectivity index (χ0) is 19.8. The molecule has 6 nitrogen and oxygen atoms in total. The average Bonchev–Trinajstić information content (AvgIpc) is 2.95. The van der Waals surface area contributed by atoms with E-state index in [1.54, 1.807) is 30.7 Å². The predicted molar refractivity (Wildman–Crippen MR) is 107 cm³/mol. The summed E-state index contributed by atoms with van der Waals surface area (Å²) in [6.07, 6.45) is 2.78. The van der Waals surface area contributed by atoms with Gasteiger partial charge in [-0.05, 0) is 50.5 Å². The van der Waals surface area contributed by atoms with E-state index in [1.807, 2.05) is 13.0 Å². The van der Waals surface area contributed by atoms with Gasteiger partial charge in [0.25, 0.3) is 5.91 Å². The second-order valence-corrected chi connectivity index (χ2v) is 9.26. The largest absolute Gasteiger partial charge is 0.343 e. The molecule has 3 rings (SSSR count). The number of benzene rings is 1. The van der Waals surface area contributed by atoms with Crippen molar-refractivity contribution >= 4 is 33.2 Å². The van der Waals surface area contributed by atoms with E-state index in [2.05, 4.69) is 5.32 Å². The van der Waals surface area contributed by atoms with Gasteiger partial charge in [0.15, 0.2) is 0 Å². The Labute approximate surface area is 165 Å². The Morgan fingerprint density at radius 3 is 2.44 bits per heavy atom. The Bertz CT molecular complexity index is 976. The number of anilines is 1. The summed E-state index contributed by atoms with van der Waals surface area (Å²) >= 11 is 6.01. The van der Waals surface area contributed by atoms with Gasteiger partial charge in [-0.25, -0.2) is 8.42 Å². The van der Waals surface area contributed by atoms with Crippen LogP contribution >= 0.6 is 11.6 Å². The van der Waals surface area contributed by atoms with E-state index in [1.165, 1.54) is 10.4 Å². The standard InChI is InChI=1S/C19H24ClN3O3S/c1-13-7-8-15(20)11-16(13)21-19(24)17-12-18(14(2)22(17)3)27(25,26)23-9-5-4-6-10-23/h7-8,11-12H,4-6,9-10H2,1-3H3,(H,21,24). The second kappa shape index (κ2) is 7.66. The second-order valence-electron chi connectivity index (χ2n) is 6.92. The fraction of sp³-hybridized carbons (Fsp3) is 0.421. The van der Waals surface area contributed by atoms with E-state index in [0.29, 0.717) is 35.2 Å². The van der Waals surface area contributed by atoms with E-state index in [-0.39, 0.29) is 10.8 Å². The maximum absolute atomic E-state index is 13.0. The Morgan fingerprint density at radius 1 is 1.11 bits per heavy atom. The molecule has 0 radical (unpaired) electrons. The smallest absolute Gasteiger partial charge is 0.272 e. The molecule has 0 atom stereocenters. The van der Waals surface area contributed by atoms with Crippen LogP contribution in [0, 0.1) is 13.8 Å². The van der Waals surface area contributed by atoms with Gasteiger partial charge in [-0.2, -0.15) is 4.31 Å². The molecule has 27 heavy (non-hydrogen) atoms. The van der Waals surface area contributed by atoms with Crippen molar-refractivity contribution in [1.82, 2.24) is 8.87 Å². The summed E-state index contributed by atoms with van der Waals surface area (Å²) in [6.45, 7) is 4.65. The van der Waals surface area contributed by atoms with Crippen LogP contribution in [-0.4, -0.2) is 36.3 Å². The summed E-state index contributed by atoms with van der Waals surface area (Å²) < 4.78 is 29.2. The minimum absolute atomic E-state index is 0.194. The third-order valence-corrected chi connectivity index (χ3v) is 7.35. The zero-order valence-corrected chi connectivity index (χ0v) is 17.3. The highest BCUT2D eigenvalue weighted by Gasteiger charge is 2.30. The number of carbonyl (C=O) groups is 1. The van der Waals surface area contributed by atoms with Gasteiger partial charge in [0.05, 0.1) is 0 Å². The van der Waals surface area contributed by atoms with E-state index in [4.69, 9.17) is 11.6 Å². The van der Waals surface area contributed by atoms with Crippen LogP contribution in [-0.2, 0) is 17.1 Å². The Balaban J connectivity index is 1.92. The van der Waals surface area contributed by atoms with E-state index >= 15 is 0 Å². The van der Waals surface area contributed by atoms with Gasteiger partial charge in [-0.15, -0.1) is 0 Å². The number of nitrogens with zero attached hydrogens (tertiary/aromatic N) is 2. The van der Waals surface area contributed by atoms with Crippen molar-refractivity contribution in [2.24, 2.45) is 7.05 Å². The molecule has 8 heteroatoms. The summed E-state index contributed by atoms with van der Waals surface area (Å²) in [5.74, 6) is -0.369. The Kier molecular flexibility index (Phi) is 5.65. The highest BCUT2D eigenvalue weighted by Crippen LogP contribution is 2.27. The van der Waals surface area contributed by atoms with Gasteiger partial charge in [0.2, 0.25) is 10.0 Å². The summed E-state index contributed by atoms with van der Waals surface area (Å²) in [5, 5.41) is 3.35. The van der Waals surface area contributed by atoms with Gasteiger partial charge >= 0.3 is 0 Å². The molecule has 2 heterocycles. The normalized spacial score (nSPS) is 15.7. The number of aryl methyl sites for hydroxylation is 1. The van der Waals surface area contributed by atoms with Crippen molar-refractivity contribution in [3.63, 3.8) is 0 Å². The molecule has 2 aromatic rings. The van der Waals surface area contributed by atoms with E-state index in [9.17, 15) is 13.2 Å². The summed E-state index contributed by atoms with van der Waals surface area (Å²) in [6, 6.07) is 6.72. The molecule has 146 valence electrons. The van der Waals surface area contributed by atoms with Crippen molar-refractivity contribution in [2.75, 3.05) is 18.4 Å². The van der Waals surface area contributed by atoms with E-state index < -0.39 is 10.0 Å². The first kappa shape index (κ1) is 19.9. The third kappa shape index (κ3) is 3.90. The summed E-state index contributed by atoms with van der Waals surface area (Å²) in [5.41, 5.74) is 2.32. The molecule has 0 aliphatic carbocycles. The highest BCUT2D eigenvalue weighted by atomic mass is 35.5. The molecule has 0 bridgehead atoms. The first-order chi connectivity index (χ1) is 12.7. The monoisotopic (exact) mass is 409 g/mol. The van der Waals surface area contributed by atoms with Crippen LogP contribution in [0.5, 0.6) is 0 Å². The molecule has 0 saturated carbocycles. The maximum atomic E-state index is 13.0. The number of halogens is 1. The van der Waals surface area contributed by atoms with Gasteiger partial charge in [0.1, 0.15) is 10.6 Å². The van der Waals surface area contributed by atoms with Crippen molar-refractivity contribution in [1.29, 1.82) is 0 Å². The number of sulfonamides is 1. The number of aromatic nitrogens is 1. The van der Waals surface area contributed by atoms with Gasteiger partial charge < -0.3 is 9.88 Å². The van der Waals surface area contributed by atoms with Crippen LogP contribution < -0.4 is 5.32 Å². The van der Waals surface area contributed by atoms with Crippen molar-refractivity contribution in [2.45, 2.75) is 38.0 Å². The Hall–Kier alpha value is -1.83. The van der Waals surface area contributed by atoms with Crippen molar-refractivity contribution < 1.29 is 13.2 Å². The van der Waals surface area contributed by atoms with Crippen LogP contribution in [0.1, 0.15) is 41.0 Å². The van der Waals surface area contributed by atoms with Crippen LogP contribution in [0.3, 0.4) is 0 Å². The first-order valence-corrected chi connectivity index (χ1v) is 10.8. The van der Waals surface area contributed by atoms with Gasteiger partial charge in [-0.3, -0.25) is 4.79 Å². The number of nitrogens with one attached hydrogen (secondary N) is 1. The first-order valence-electron chi connectivity index (χ1n) is 8.96. The minimum atomic E-state index is -3.60. The predicted octanol–water partition coefficient (Wildman–Crippen LogP) is 3.72. The molecule has 1 aromatic carbocycles. The van der Waals surface area contributed by atoms with E-state index in [0.717, 1.165) is 24.8 Å². The molecule has 1 N–H and O–H groups in total. The number of hydrogen-bond acceptors (Lipinski definition) is 3. The fourth-order valence-corrected chi connectivity index (χ4v) is 5.27. The lowest BCUT2D eigenvalue weighted by Gasteiger charge is -2.25. The lowest BCUT2D eigenvalue weighted by atomic mass is 10.2. The van der Waals surface area contributed by atoms with Crippen LogP contribution in [0.15, 0.2) is 29.2 Å². The molecule has 1 amide bonds. The van der Waals surface area contributed by atoms with Crippen molar-refractivity contribution in [3.05, 3.63) is 46.2 Å². The lowest BCUT2D eigenvalue weighted by molar-refractivity contribution is 0.101. The summed E-state index contributed by atoms with van der Waals surface area (Å²) in [7, 11) is -1.91. The number of rotatable bonds is 4.